The van der Waals surface area contributed by atoms with Crippen molar-refractivity contribution < 1.29 is 0 Å². The zero-order chi connectivity index (χ0) is 10.6. The third-order valence-corrected chi connectivity index (χ3v) is 3.69. The molecule has 1 aromatic rings. The van der Waals surface area contributed by atoms with Crippen molar-refractivity contribution >= 4 is 15.9 Å². The highest BCUT2D eigenvalue weighted by molar-refractivity contribution is 9.10. The quantitative estimate of drug-likeness (QED) is 0.795. The number of rotatable bonds is 4. The predicted molar refractivity (Wildman–Crippen MR) is 65.5 cm³/mol. The molecule has 1 rings (SSSR count). The van der Waals surface area contributed by atoms with Gasteiger partial charge < -0.3 is 0 Å². The normalized spacial score (nSPS) is 10.9. The van der Waals surface area contributed by atoms with Gasteiger partial charge in [0.1, 0.15) is 0 Å². The van der Waals surface area contributed by atoms with Gasteiger partial charge in [-0.2, -0.15) is 0 Å². The van der Waals surface area contributed by atoms with Gasteiger partial charge in [-0.3, -0.25) is 4.90 Å². The van der Waals surface area contributed by atoms with Crippen LogP contribution in [-0.4, -0.2) is 18.0 Å². The van der Waals surface area contributed by atoms with Gasteiger partial charge in [-0.05, 0) is 31.1 Å². The minimum absolute atomic E-state index is 1.04. The first-order chi connectivity index (χ1) is 6.69. The van der Waals surface area contributed by atoms with Gasteiger partial charge >= 0.3 is 0 Å². The average molecular weight is 256 g/mol. The Kier molecular flexibility index (Phi) is 4.63. The SMILES string of the molecule is CCN(CC)Cc1cccc(C)c1Br. The first-order valence-electron chi connectivity index (χ1n) is 5.15. The molecular weight excluding hydrogens is 238 g/mol. The monoisotopic (exact) mass is 255 g/mol. The predicted octanol–water partition coefficient (Wildman–Crippen LogP) is 3.60. The third kappa shape index (κ3) is 2.82. The van der Waals surface area contributed by atoms with Crippen molar-refractivity contribution in [1.82, 2.24) is 4.90 Å². The Hall–Kier alpha value is -0.340. The highest BCUT2D eigenvalue weighted by Crippen LogP contribution is 2.22. The molecule has 1 nitrogen and oxygen atoms in total. The highest BCUT2D eigenvalue weighted by Gasteiger charge is 2.05. The second kappa shape index (κ2) is 5.52. The van der Waals surface area contributed by atoms with E-state index >= 15 is 0 Å². The maximum atomic E-state index is 3.64. The molecular formula is C12H18BrN. The fourth-order valence-corrected chi connectivity index (χ4v) is 1.91. The van der Waals surface area contributed by atoms with Gasteiger partial charge in [0.25, 0.3) is 0 Å². The maximum absolute atomic E-state index is 3.64. The molecule has 0 saturated carbocycles. The van der Waals surface area contributed by atoms with Gasteiger partial charge in [-0.15, -0.1) is 0 Å². The van der Waals surface area contributed by atoms with Gasteiger partial charge in [0.05, 0.1) is 0 Å². The molecule has 0 atom stereocenters. The minimum Gasteiger partial charge on any atom is -0.300 e. The zero-order valence-electron chi connectivity index (χ0n) is 9.18. The summed E-state index contributed by atoms with van der Waals surface area (Å²) in [5, 5.41) is 0. The summed E-state index contributed by atoms with van der Waals surface area (Å²) in [6.45, 7) is 9.79. The van der Waals surface area contributed by atoms with Crippen LogP contribution in [0.3, 0.4) is 0 Å². The molecule has 2 heteroatoms. The molecule has 0 heterocycles. The van der Waals surface area contributed by atoms with E-state index in [4.69, 9.17) is 0 Å². The van der Waals surface area contributed by atoms with Crippen LogP contribution in [0.5, 0.6) is 0 Å². The smallest absolute Gasteiger partial charge is 0.0249 e. The van der Waals surface area contributed by atoms with Gasteiger partial charge in [-0.25, -0.2) is 0 Å². The van der Waals surface area contributed by atoms with Crippen molar-refractivity contribution in [2.24, 2.45) is 0 Å². The number of aryl methyl sites for hydroxylation is 1. The van der Waals surface area contributed by atoms with Crippen LogP contribution in [0.1, 0.15) is 25.0 Å². The van der Waals surface area contributed by atoms with Crippen LogP contribution in [-0.2, 0) is 6.54 Å². The molecule has 0 spiro atoms. The Morgan fingerprint density at radius 2 is 1.86 bits per heavy atom. The van der Waals surface area contributed by atoms with Gasteiger partial charge in [0.2, 0.25) is 0 Å². The lowest BCUT2D eigenvalue weighted by molar-refractivity contribution is 0.295. The van der Waals surface area contributed by atoms with Crippen LogP contribution in [0, 0.1) is 6.92 Å². The Morgan fingerprint density at radius 1 is 1.21 bits per heavy atom. The Morgan fingerprint density at radius 3 is 2.43 bits per heavy atom. The molecule has 0 radical (unpaired) electrons. The van der Waals surface area contributed by atoms with E-state index in [2.05, 4.69) is 59.8 Å². The first kappa shape index (κ1) is 11.7. The van der Waals surface area contributed by atoms with E-state index in [1.807, 2.05) is 0 Å². The summed E-state index contributed by atoms with van der Waals surface area (Å²) in [7, 11) is 0. The van der Waals surface area contributed by atoms with E-state index in [-0.39, 0.29) is 0 Å². The molecule has 14 heavy (non-hydrogen) atoms. The fourth-order valence-electron chi connectivity index (χ4n) is 1.52. The molecule has 0 aliphatic carbocycles. The number of hydrogen-bond acceptors (Lipinski definition) is 1. The van der Waals surface area contributed by atoms with Crippen molar-refractivity contribution in [2.75, 3.05) is 13.1 Å². The molecule has 78 valence electrons. The maximum Gasteiger partial charge on any atom is 0.0249 e. The topological polar surface area (TPSA) is 3.24 Å². The molecule has 1 aromatic carbocycles. The second-order valence-electron chi connectivity index (χ2n) is 3.51. The Balaban J connectivity index is 2.80. The van der Waals surface area contributed by atoms with Crippen molar-refractivity contribution in [3.8, 4) is 0 Å². The van der Waals surface area contributed by atoms with Gasteiger partial charge in [0, 0.05) is 11.0 Å². The lowest BCUT2D eigenvalue weighted by atomic mass is 10.1. The highest BCUT2D eigenvalue weighted by atomic mass is 79.9. The summed E-state index contributed by atoms with van der Waals surface area (Å²) in [6, 6.07) is 6.45. The average Bonchev–Trinajstić information content (AvgIpc) is 2.20. The number of hydrogen-bond donors (Lipinski definition) is 0. The first-order valence-corrected chi connectivity index (χ1v) is 5.94. The van der Waals surface area contributed by atoms with Crippen molar-refractivity contribution in [2.45, 2.75) is 27.3 Å². The molecule has 0 aliphatic rings. The summed E-state index contributed by atoms with van der Waals surface area (Å²) < 4.78 is 1.26. The second-order valence-corrected chi connectivity index (χ2v) is 4.30. The summed E-state index contributed by atoms with van der Waals surface area (Å²) in [5.41, 5.74) is 2.70. The van der Waals surface area contributed by atoms with Gasteiger partial charge in [0.15, 0.2) is 0 Å². The summed E-state index contributed by atoms with van der Waals surface area (Å²) >= 11 is 3.64. The summed E-state index contributed by atoms with van der Waals surface area (Å²) in [4.78, 5) is 2.42. The van der Waals surface area contributed by atoms with Gasteiger partial charge in [-0.1, -0.05) is 48.0 Å². The summed E-state index contributed by atoms with van der Waals surface area (Å²) in [5.74, 6) is 0. The molecule has 0 saturated heterocycles. The molecule has 0 fully saturated rings. The Labute approximate surface area is 95.2 Å². The van der Waals surface area contributed by atoms with Crippen molar-refractivity contribution in [3.63, 3.8) is 0 Å². The number of benzene rings is 1. The number of halogens is 1. The van der Waals surface area contributed by atoms with E-state index in [0.717, 1.165) is 19.6 Å². The molecule has 0 aromatic heterocycles. The van der Waals surface area contributed by atoms with Crippen molar-refractivity contribution in [3.05, 3.63) is 33.8 Å². The lowest BCUT2D eigenvalue weighted by Crippen LogP contribution is -2.22. The van der Waals surface area contributed by atoms with E-state index < -0.39 is 0 Å². The standard InChI is InChI=1S/C12H18BrN/c1-4-14(5-2)9-11-8-6-7-10(3)12(11)13/h6-8H,4-5,9H2,1-3H3. The Bertz CT molecular complexity index is 292. The van der Waals surface area contributed by atoms with Crippen LogP contribution in [0.4, 0.5) is 0 Å². The van der Waals surface area contributed by atoms with Crippen LogP contribution in [0.15, 0.2) is 22.7 Å². The van der Waals surface area contributed by atoms with E-state index in [1.165, 1.54) is 15.6 Å². The lowest BCUT2D eigenvalue weighted by Gasteiger charge is -2.19. The molecule has 0 aliphatic heterocycles. The van der Waals surface area contributed by atoms with E-state index in [9.17, 15) is 0 Å². The van der Waals surface area contributed by atoms with E-state index in [1.54, 1.807) is 0 Å². The largest absolute Gasteiger partial charge is 0.300 e. The third-order valence-electron chi connectivity index (χ3n) is 2.56. The molecule has 0 N–H and O–H groups in total. The number of nitrogens with zero attached hydrogens (tertiary/aromatic N) is 1. The van der Waals surface area contributed by atoms with E-state index in [0.29, 0.717) is 0 Å². The van der Waals surface area contributed by atoms with Crippen LogP contribution >= 0.6 is 15.9 Å². The van der Waals surface area contributed by atoms with Crippen LogP contribution < -0.4 is 0 Å². The molecule has 0 amide bonds. The van der Waals surface area contributed by atoms with Crippen LogP contribution in [0.2, 0.25) is 0 Å². The van der Waals surface area contributed by atoms with Crippen LogP contribution in [0.25, 0.3) is 0 Å². The fraction of sp³-hybridized carbons (Fsp3) is 0.500. The summed E-state index contributed by atoms with van der Waals surface area (Å²) in [6.07, 6.45) is 0. The van der Waals surface area contributed by atoms with Crippen molar-refractivity contribution in [1.29, 1.82) is 0 Å². The molecule has 0 bridgehead atoms. The minimum atomic E-state index is 1.04. The molecule has 0 unspecified atom stereocenters. The zero-order valence-corrected chi connectivity index (χ0v) is 10.8.